The van der Waals surface area contributed by atoms with Gasteiger partial charge in [0.2, 0.25) is 0 Å². The molecule has 0 spiro atoms. The van der Waals surface area contributed by atoms with Gasteiger partial charge in [-0.3, -0.25) is 9.59 Å². The Bertz CT molecular complexity index is 728. The van der Waals surface area contributed by atoms with Crippen molar-refractivity contribution in [2.24, 2.45) is 0 Å². The molecule has 0 unspecified atom stereocenters. The molecule has 0 aliphatic carbocycles. The molecule has 2 aromatic carbocycles. The Morgan fingerprint density at radius 1 is 1.12 bits per heavy atom. The summed E-state index contributed by atoms with van der Waals surface area (Å²) < 4.78 is 5.00. The first-order valence-corrected chi connectivity index (χ1v) is 8.12. The number of rotatable bonds is 6. The second kappa shape index (κ2) is 8.50. The molecule has 0 radical (unpaired) electrons. The van der Waals surface area contributed by atoms with E-state index < -0.39 is 5.97 Å². The second-order valence-corrected chi connectivity index (χ2v) is 6.16. The number of esters is 1. The molecule has 0 saturated carbocycles. The Morgan fingerprint density at radius 2 is 1.88 bits per heavy atom. The Labute approximate surface area is 146 Å². The predicted molar refractivity (Wildman–Crippen MR) is 95.3 cm³/mol. The lowest BCUT2D eigenvalue weighted by Gasteiger charge is -2.10. The van der Waals surface area contributed by atoms with Crippen molar-refractivity contribution in [3.8, 4) is 0 Å². The maximum Gasteiger partial charge on any atom is 0.310 e. The van der Waals surface area contributed by atoms with E-state index in [-0.39, 0.29) is 18.9 Å². The first-order valence-electron chi connectivity index (χ1n) is 7.74. The zero-order valence-electron chi connectivity index (χ0n) is 13.7. The molecule has 0 aromatic heterocycles. The summed E-state index contributed by atoms with van der Waals surface area (Å²) in [6.45, 7) is 3.84. The van der Waals surface area contributed by atoms with E-state index in [0.717, 1.165) is 5.56 Å². The molecule has 5 heteroatoms. The van der Waals surface area contributed by atoms with Gasteiger partial charge >= 0.3 is 5.97 Å². The van der Waals surface area contributed by atoms with Gasteiger partial charge in [-0.05, 0) is 35.2 Å². The van der Waals surface area contributed by atoms with Crippen molar-refractivity contribution in [2.75, 3.05) is 11.9 Å². The van der Waals surface area contributed by atoms with Crippen LogP contribution in [0.15, 0.2) is 48.5 Å². The summed E-state index contributed by atoms with van der Waals surface area (Å²) in [5, 5.41) is 3.23. The van der Waals surface area contributed by atoms with Crippen LogP contribution >= 0.6 is 11.6 Å². The average Bonchev–Trinajstić information content (AvgIpc) is 2.55. The quantitative estimate of drug-likeness (QED) is 0.799. The van der Waals surface area contributed by atoms with Crippen LogP contribution in [0.3, 0.4) is 0 Å². The Kier molecular flexibility index (Phi) is 6.38. The van der Waals surface area contributed by atoms with Gasteiger partial charge in [0.25, 0.3) is 5.91 Å². The third-order valence-corrected chi connectivity index (χ3v) is 3.86. The van der Waals surface area contributed by atoms with Crippen LogP contribution in [0.1, 0.15) is 30.9 Å². The average molecular weight is 346 g/mol. The number of halogens is 1. The standard InChI is InChI=1S/C19H20ClNO3/c1-13(2)14-7-5-8-16(10-14)21-18(22)12-24-19(23)11-15-6-3-4-9-17(15)20/h3-10,13H,11-12H2,1-2H3,(H,21,22). The van der Waals surface area contributed by atoms with Gasteiger partial charge < -0.3 is 10.1 Å². The molecular weight excluding hydrogens is 326 g/mol. The van der Waals surface area contributed by atoms with Gasteiger partial charge in [0.15, 0.2) is 6.61 Å². The van der Waals surface area contributed by atoms with Crippen molar-refractivity contribution in [2.45, 2.75) is 26.2 Å². The van der Waals surface area contributed by atoms with Gasteiger partial charge in [-0.2, -0.15) is 0 Å². The minimum atomic E-state index is -0.491. The zero-order chi connectivity index (χ0) is 17.5. The zero-order valence-corrected chi connectivity index (χ0v) is 14.5. The lowest BCUT2D eigenvalue weighted by atomic mass is 10.0. The van der Waals surface area contributed by atoms with Gasteiger partial charge in [-0.1, -0.05) is 55.8 Å². The molecule has 0 fully saturated rings. The molecule has 0 aliphatic heterocycles. The molecule has 2 rings (SSSR count). The van der Waals surface area contributed by atoms with Crippen LogP contribution in [0, 0.1) is 0 Å². The number of anilines is 1. The number of amides is 1. The molecule has 0 heterocycles. The molecule has 1 amide bonds. The summed E-state index contributed by atoms with van der Waals surface area (Å²) in [7, 11) is 0. The van der Waals surface area contributed by atoms with Crippen LogP contribution in [0.2, 0.25) is 5.02 Å². The normalized spacial score (nSPS) is 10.5. The maximum atomic E-state index is 11.9. The molecule has 0 aliphatic rings. The fourth-order valence-electron chi connectivity index (χ4n) is 2.17. The van der Waals surface area contributed by atoms with Gasteiger partial charge in [-0.15, -0.1) is 0 Å². The number of hydrogen-bond donors (Lipinski definition) is 1. The predicted octanol–water partition coefficient (Wildman–Crippen LogP) is 4.19. The molecule has 0 saturated heterocycles. The first-order chi connectivity index (χ1) is 11.5. The maximum absolute atomic E-state index is 11.9. The highest BCUT2D eigenvalue weighted by Gasteiger charge is 2.11. The Balaban J connectivity index is 1.84. The number of nitrogens with one attached hydrogen (secondary N) is 1. The highest BCUT2D eigenvalue weighted by Crippen LogP contribution is 2.18. The number of ether oxygens (including phenoxy) is 1. The van der Waals surface area contributed by atoms with Crippen LogP contribution in [-0.4, -0.2) is 18.5 Å². The van der Waals surface area contributed by atoms with Crippen molar-refractivity contribution < 1.29 is 14.3 Å². The van der Waals surface area contributed by atoms with Gasteiger partial charge in [0, 0.05) is 10.7 Å². The topological polar surface area (TPSA) is 55.4 Å². The minimum Gasteiger partial charge on any atom is -0.455 e. The summed E-state index contributed by atoms with van der Waals surface area (Å²) in [5.74, 6) is -0.493. The van der Waals surface area contributed by atoms with E-state index in [1.807, 2.05) is 18.2 Å². The van der Waals surface area contributed by atoms with Crippen molar-refractivity contribution in [1.82, 2.24) is 0 Å². The van der Waals surface area contributed by atoms with Crippen molar-refractivity contribution in [3.05, 3.63) is 64.7 Å². The lowest BCUT2D eigenvalue weighted by molar-refractivity contribution is -0.146. The van der Waals surface area contributed by atoms with Crippen LogP contribution < -0.4 is 5.32 Å². The fourth-order valence-corrected chi connectivity index (χ4v) is 2.37. The van der Waals surface area contributed by atoms with Gasteiger partial charge in [0.05, 0.1) is 6.42 Å². The highest BCUT2D eigenvalue weighted by molar-refractivity contribution is 6.31. The molecule has 4 nitrogen and oxygen atoms in total. The molecule has 126 valence electrons. The summed E-state index contributed by atoms with van der Waals surface area (Å²) in [4.78, 5) is 23.7. The second-order valence-electron chi connectivity index (χ2n) is 5.76. The number of benzene rings is 2. The largest absolute Gasteiger partial charge is 0.455 e. The van der Waals surface area contributed by atoms with Crippen LogP contribution in [0.4, 0.5) is 5.69 Å². The van der Waals surface area contributed by atoms with E-state index in [0.29, 0.717) is 22.2 Å². The summed E-state index contributed by atoms with van der Waals surface area (Å²) >= 11 is 5.99. The van der Waals surface area contributed by atoms with Gasteiger partial charge in [-0.25, -0.2) is 0 Å². The highest BCUT2D eigenvalue weighted by atomic mass is 35.5. The monoisotopic (exact) mass is 345 g/mol. The third kappa shape index (κ3) is 5.39. The van der Waals surface area contributed by atoms with Crippen molar-refractivity contribution in [1.29, 1.82) is 0 Å². The fraction of sp³-hybridized carbons (Fsp3) is 0.263. The number of hydrogen-bond acceptors (Lipinski definition) is 3. The Morgan fingerprint density at radius 3 is 2.58 bits per heavy atom. The SMILES string of the molecule is CC(C)c1cccc(NC(=O)COC(=O)Cc2ccccc2Cl)c1. The molecule has 24 heavy (non-hydrogen) atoms. The van der Waals surface area contributed by atoms with E-state index in [4.69, 9.17) is 16.3 Å². The summed E-state index contributed by atoms with van der Waals surface area (Å²) in [6, 6.07) is 14.6. The van der Waals surface area contributed by atoms with E-state index in [1.54, 1.807) is 30.3 Å². The molecule has 0 atom stereocenters. The van der Waals surface area contributed by atoms with Crippen LogP contribution in [0.25, 0.3) is 0 Å². The number of carbonyl (C=O) groups is 2. The lowest BCUT2D eigenvalue weighted by Crippen LogP contribution is -2.21. The van der Waals surface area contributed by atoms with Crippen LogP contribution in [0.5, 0.6) is 0 Å². The van der Waals surface area contributed by atoms with Crippen molar-refractivity contribution >= 4 is 29.2 Å². The molecular formula is C19H20ClNO3. The van der Waals surface area contributed by atoms with Crippen molar-refractivity contribution in [3.63, 3.8) is 0 Å². The summed E-state index contributed by atoms with van der Waals surface area (Å²) in [6.07, 6.45) is 0.0375. The molecule has 1 N–H and O–H groups in total. The molecule has 0 bridgehead atoms. The van der Waals surface area contributed by atoms with E-state index in [1.165, 1.54) is 0 Å². The van der Waals surface area contributed by atoms with E-state index in [2.05, 4.69) is 19.2 Å². The number of carbonyl (C=O) groups excluding carboxylic acids is 2. The van der Waals surface area contributed by atoms with E-state index in [9.17, 15) is 9.59 Å². The van der Waals surface area contributed by atoms with E-state index >= 15 is 0 Å². The smallest absolute Gasteiger partial charge is 0.310 e. The third-order valence-electron chi connectivity index (χ3n) is 3.49. The summed E-state index contributed by atoms with van der Waals surface area (Å²) in [5.41, 5.74) is 2.49. The van der Waals surface area contributed by atoms with Gasteiger partial charge in [0.1, 0.15) is 0 Å². The Hall–Kier alpha value is -2.33. The minimum absolute atomic E-state index is 0.0375. The first kappa shape index (κ1) is 18.0. The molecule has 2 aromatic rings. The van der Waals surface area contributed by atoms with Crippen LogP contribution in [-0.2, 0) is 20.7 Å².